The Balaban J connectivity index is 3.94. The van der Waals surface area contributed by atoms with Crippen LogP contribution in [0.2, 0.25) is 0 Å². The molecule has 0 saturated heterocycles. The van der Waals surface area contributed by atoms with E-state index >= 15 is 0 Å². The Bertz CT molecular complexity index is 217. The van der Waals surface area contributed by atoms with Gasteiger partial charge in [0.1, 0.15) is 0 Å². The van der Waals surface area contributed by atoms with E-state index in [2.05, 4.69) is 51.9 Å². The van der Waals surface area contributed by atoms with E-state index in [1.165, 1.54) is 25.7 Å². The maximum Gasteiger partial charge on any atom is 0.0610 e. The van der Waals surface area contributed by atoms with Gasteiger partial charge in [-0.15, -0.1) is 0 Å². The van der Waals surface area contributed by atoms with Crippen molar-refractivity contribution in [1.29, 1.82) is 0 Å². The average Bonchev–Trinajstić information content (AvgIpc) is 2.35. The molecule has 0 amide bonds. The molecule has 0 fully saturated rings. The number of hydrogen-bond acceptors (Lipinski definition) is 3. The molecule has 0 saturated carbocycles. The Morgan fingerprint density at radius 3 is 2.16 bits per heavy atom. The zero-order valence-electron chi connectivity index (χ0n) is 14.0. The Morgan fingerprint density at radius 2 is 1.74 bits per heavy atom. The molecular weight excluding hydrogens is 236 g/mol. The summed E-state index contributed by atoms with van der Waals surface area (Å²) in [7, 11) is 2.23. The first-order chi connectivity index (χ1) is 8.88. The van der Waals surface area contributed by atoms with Gasteiger partial charge in [0.25, 0.3) is 0 Å². The molecule has 3 nitrogen and oxygen atoms in total. The molecule has 0 rings (SSSR count). The number of rotatable bonds is 11. The van der Waals surface area contributed by atoms with Gasteiger partial charge in [0, 0.05) is 17.6 Å². The van der Waals surface area contributed by atoms with Crippen molar-refractivity contribution in [2.24, 2.45) is 0 Å². The summed E-state index contributed by atoms with van der Waals surface area (Å²) in [5, 5.41) is 13.0. The van der Waals surface area contributed by atoms with Crippen LogP contribution in [0, 0.1) is 0 Å². The largest absolute Gasteiger partial charge is 0.394 e. The van der Waals surface area contributed by atoms with Crippen LogP contribution in [-0.4, -0.2) is 47.8 Å². The molecule has 0 aliphatic heterocycles. The van der Waals surface area contributed by atoms with Crippen molar-refractivity contribution < 1.29 is 5.11 Å². The number of unbranched alkanes of at least 4 members (excludes halogenated alkanes) is 1. The molecule has 0 bridgehead atoms. The quantitative estimate of drug-likeness (QED) is 0.568. The summed E-state index contributed by atoms with van der Waals surface area (Å²) >= 11 is 0. The van der Waals surface area contributed by atoms with Gasteiger partial charge in [0.15, 0.2) is 0 Å². The molecule has 0 aromatic carbocycles. The zero-order chi connectivity index (χ0) is 14.9. The highest BCUT2D eigenvalue weighted by molar-refractivity contribution is 4.83. The lowest BCUT2D eigenvalue weighted by atomic mass is 9.94. The number of aliphatic hydroxyl groups excluding tert-OH is 1. The maximum atomic E-state index is 9.53. The summed E-state index contributed by atoms with van der Waals surface area (Å²) < 4.78 is 0. The third-order valence-corrected chi connectivity index (χ3v) is 4.04. The van der Waals surface area contributed by atoms with Gasteiger partial charge in [-0.2, -0.15) is 0 Å². The lowest BCUT2D eigenvalue weighted by molar-refractivity contribution is 0.150. The monoisotopic (exact) mass is 272 g/mol. The maximum absolute atomic E-state index is 9.53. The molecule has 1 atom stereocenters. The minimum atomic E-state index is -0.123. The molecule has 0 aromatic heterocycles. The highest BCUT2D eigenvalue weighted by atomic mass is 16.3. The number of hydrogen-bond donors (Lipinski definition) is 2. The van der Waals surface area contributed by atoms with Crippen LogP contribution in [0.1, 0.15) is 66.7 Å². The normalized spacial score (nSPS) is 15.5. The third-order valence-electron chi connectivity index (χ3n) is 4.04. The average molecular weight is 272 g/mol. The molecule has 0 aliphatic rings. The SMILES string of the molecule is CCC(CC)N(C)CCCCC(C)(CO)NC(C)C. The summed E-state index contributed by atoms with van der Waals surface area (Å²) in [5.74, 6) is 0. The fourth-order valence-electron chi connectivity index (χ4n) is 2.86. The summed E-state index contributed by atoms with van der Waals surface area (Å²) in [5.41, 5.74) is -0.123. The molecule has 0 radical (unpaired) electrons. The summed E-state index contributed by atoms with van der Waals surface area (Å²) in [6, 6.07) is 1.14. The van der Waals surface area contributed by atoms with Gasteiger partial charge in [-0.05, 0) is 46.2 Å². The fourth-order valence-corrected chi connectivity index (χ4v) is 2.86. The minimum absolute atomic E-state index is 0.123. The molecular formula is C16H36N2O. The van der Waals surface area contributed by atoms with Gasteiger partial charge >= 0.3 is 0 Å². The van der Waals surface area contributed by atoms with E-state index in [1.807, 2.05) is 0 Å². The van der Waals surface area contributed by atoms with Crippen LogP contribution in [0.15, 0.2) is 0 Å². The second kappa shape index (κ2) is 9.73. The summed E-state index contributed by atoms with van der Waals surface area (Å²) in [6.07, 6.45) is 5.88. The van der Waals surface area contributed by atoms with Crippen LogP contribution in [0.5, 0.6) is 0 Å². The lowest BCUT2D eigenvalue weighted by Gasteiger charge is -2.32. The summed E-state index contributed by atoms with van der Waals surface area (Å²) in [4.78, 5) is 2.48. The minimum Gasteiger partial charge on any atom is -0.394 e. The van der Waals surface area contributed by atoms with E-state index in [9.17, 15) is 5.11 Å². The predicted octanol–water partition coefficient (Wildman–Crippen LogP) is 3.03. The first kappa shape index (κ1) is 18.9. The van der Waals surface area contributed by atoms with Crippen LogP contribution >= 0.6 is 0 Å². The van der Waals surface area contributed by atoms with Crippen LogP contribution in [0.4, 0.5) is 0 Å². The molecule has 0 heterocycles. The van der Waals surface area contributed by atoms with E-state index in [0.717, 1.165) is 19.0 Å². The van der Waals surface area contributed by atoms with Crippen molar-refractivity contribution in [2.45, 2.75) is 84.3 Å². The smallest absolute Gasteiger partial charge is 0.0610 e. The lowest BCUT2D eigenvalue weighted by Crippen LogP contribution is -2.49. The van der Waals surface area contributed by atoms with Crippen molar-refractivity contribution in [2.75, 3.05) is 20.2 Å². The van der Waals surface area contributed by atoms with E-state index in [1.54, 1.807) is 0 Å². The van der Waals surface area contributed by atoms with Crippen LogP contribution in [0.25, 0.3) is 0 Å². The second-order valence-electron chi connectivity index (χ2n) is 6.43. The van der Waals surface area contributed by atoms with Gasteiger partial charge in [-0.25, -0.2) is 0 Å². The first-order valence-electron chi connectivity index (χ1n) is 7.97. The Kier molecular flexibility index (Phi) is 9.67. The third kappa shape index (κ3) is 7.91. The van der Waals surface area contributed by atoms with Crippen LogP contribution in [-0.2, 0) is 0 Å². The molecule has 0 aromatic rings. The number of aliphatic hydroxyl groups is 1. The first-order valence-corrected chi connectivity index (χ1v) is 7.97. The molecule has 0 spiro atoms. The highest BCUT2D eigenvalue weighted by Crippen LogP contribution is 2.15. The number of nitrogens with one attached hydrogen (secondary N) is 1. The van der Waals surface area contributed by atoms with E-state index in [4.69, 9.17) is 0 Å². The van der Waals surface area contributed by atoms with Crippen LogP contribution < -0.4 is 5.32 Å². The van der Waals surface area contributed by atoms with Gasteiger partial charge in [-0.1, -0.05) is 34.1 Å². The topological polar surface area (TPSA) is 35.5 Å². The van der Waals surface area contributed by atoms with Gasteiger partial charge in [-0.3, -0.25) is 0 Å². The van der Waals surface area contributed by atoms with Gasteiger partial charge in [0.05, 0.1) is 6.61 Å². The molecule has 116 valence electrons. The van der Waals surface area contributed by atoms with Gasteiger partial charge in [0.2, 0.25) is 0 Å². The Morgan fingerprint density at radius 1 is 1.16 bits per heavy atom. The molecule has 19 heavy (non-hydrogen) atoms. The van der Waals surface area contributed by atoms with Gasteiger partial charge < -0.3 is 15.3 Å². The van der Waals surface area contributed by atoms with Crippen molar-refractivity contribution >= 4 is 0 Å². The number of nitrogens with zero attached hydrogens (tertiary/aromatic N) is 1. The van der Waals surface area contributed by atoms with Crippen molar-refractivity contribution in [1.82, 2.24) is 10.2 Å². The van der Waals surface area contributed by atoms with Crippen molar-refractivity contribution in [3.8, 4) is 0 Å². The molecule has 2 N–H and O–H groups in total. The predicted molar refractivity (Wildman–Crippen MR) is 84.6 cm³/mol. The standard InChI is InChI=1S/C16H36N2O/c1-7-15(8-2)18(6)12-10-9-11-16(5,13-19)17-14(3)4/h14-15,17,19H,7-13H2,1-6H3. The van der Waals surface area contributed by atoms with Crippen molar-refractivity contribution in [3.05, 3.63) is 0 Å². The molecule has 1 unspecified atom stereocenters. The molecule has 0 aliphatic carbocycles. The molecule has 3 heteroatoms. The van der Waals surface area contributed by atoms with E-state index in [-0.39, 0.29) is 12.1 Å². The zero-order valence-corrected chi connectivity index (χ0v) is 14.0. The van der Waals surface area contributed by atoms with E-state index < -0.39 is 0 Å². The second-order valence-corrected chi connectivity index (χ2v) is 6.43. The highest BCUT2D eigenvalue weighted by Gasteiger charge is 2.23. The summed E-state index contributed by atoms with van der Waals surface area (Å²) in [6.45, 7) is 12.3. The Hall–Kier alpha value is -0.120. The van der Waals surface area contributed by atoms with Crippen LogP contribution in [0.3, 0.4) is 0 Å². The fraction of sp³-hybridized carbons (Fsp3) is 1.00. The van der Waals surface area contributed by atoms with E-state index in [0.29, 0.717) is 6.04 Å². The Labute approximate surface area is 120 Å². The van der Waals surface area contributed by atoms with Crippen molar-refractivity contribution in [3.63, 3.8) is 0 Å².